The van der Waals surface area contributed by atoms with Gasteiger partial charge in [0, 0.05) is 19.3 Å². The molecule has 0 heterocycles. The maximum absolute atomic E-state index is 12.9. The number of carbonyl (C=O) groups excluding carboxylic acids is 3. The maximum Gasteiger partial charge on any atom is 0.306 e. The van der Waals surface area contributed by atoms with Gasteiger partial charge >= 0.3 is 17.9 Å². The van der Waals surface area contributed by atoms with Crippen LogP contribution in [0.25, 0.3) is 0 Å². The number of carbonyl (C=O) groups is 3. The second kappa shape index (κ2) is 69.5. The minimum Gasteiger partial charge on any atom is -0.462 e. The molecule has 0 saturated heterocycles. The van der Waals surface area contributed by atoms with E-state index in [0.29, 0.717) is 19.3 Å². The minimum absolute atomic E-state index is 0.104. The highest BCUT2D eigenvalue weighted by Crippen LogP contribution is 2.16. The summed E-state index contributed by atoms with van der Waals surface area (Å²) in [5, 5.41) is 0. The van der Waals surface area contributed by atoms with Gasteiger partial charge < -0.3 is 14.2 Å². The van der Waals surface area contributed by atoms with E-state index in [4.69, 9.17) is 14.2 Å². The highest BCUT2D eigenvalue weighted by molar-refractivity contribution is 5.71. The monoisotopic (exact) mass is 1140 g/mol. The van der Waals surface area contributed by atoms with Crippen molar-refractivity contribution in [2.45, 2.75) is 297 Å². The summed E-state index contributed by atoms with van der Waals surface area (Å²) in [6, 6.07) is 0. The first-order valence-electron chi connectivity index (χ1n) is 34.0. The van der Waals surface area contributed by atoms with E-state index in [2.05, 4.69) is 179 Å². The molecular formula is C77H124O6. The molecule has 0 radical (unpaired) electrons. The Balaban J connectivity index is 4.23. The molecule has 6 nitrogen and oxygen atoms in total. The van der Waals surface area contributed by atoms with Crippen molar-refractivity contribution in [3.63, 3.8) is 0 Å². The summed E-state index contributed by atoms with van der Waals surface area (Å²) in [6.45, 7) is 6.26. The maximum atomic E-state index is 12.9. The first kappa shape index (κ1) is 78.0. The van der Waals surface area contributed by atoms with Gasteiger partial charge in [-0.2, -0.15) is 0 Å². The molecule has 0 N–H and O–H groups in total. The molecule has 0 spiro atoms. The lowest BCUT2D eigenvalue weighted by Crippen LogP contribution is -2.30. The molecule has 0 fully saturated rings. The molecule has 468 valence electrons. The summed E-state index contributed by atoms with van der Waals surface area (Å²) in [5.41, 5.74) is 0. The molecule has 0 saturated carbocycles. The fourth-order valence-corrected chi connectivity index (χ4v) is 9.04. The van der Waals surface area contributed by atoms with Crippen LogP contribution in [0.3, 0.4) is 0 Å². The quantitative estimate of drug-likeness (QED) is 0.0261. The zero-order chi connectivity index (χ0) is 59.9. The second-order valence-electron chi connectivity index (χ2n) is 21.9. The van der Waals surface area contributed by atoms with Gasteiger partial charge in [0.05, 0.1) is 0 Å². The number of hydrogen-bond acceptors (Lipinski definition) is 6. The largest absolute Gasteiger partial charge is 0.462 e. The van der Waals surface area contributed by atoms with Crippen LogP contribution >= 0.6 is 0 Å². The lowest BCUT2D eigenvalue weighted by molar-refractivity contribution is -0.167. The van der Waals surface area contributed by atoms with Crippen LogP contribution in [-0.2, 0) is 28.6 Å². The van der Waals surface area contributed by atoms with Gasteiger partial charge in [0.15, 0.2) is 6.10 Å². The van der Waals surface area contributed by atoms with E-state index < -0.39 is 6.10 Å². The lowest BCUT2D eigenvalue weighted by atomic mass is 10.0. The second-order valence-corrected chi connectivity index (χ2v) is 21.9. The van der Waals surface area contributed by atoms with Crippen molar-refractivity contribution in [2.24, 2.45) is 0 Å². The van der Waals surface area contributed by atoms with E-state index in [1.807, 2.05) is 0 Å². The summed E-state index contributed by atoms with van der Waals surface area (Å²) in [7, 11) is 0. The number of hydrogen-bond donors (Lipinski definition) is 0. The molecular weight excluding hydrogens is 1020 g/mol. The van der Waals surface area contributed by atoms with Gasteiger partial charge in [-0.25, -0.2) is 0 Å². The van der Waals surface area contributed by atoms with Crippen molar-refractivity contribution in [3.8, 4) is 0 Å². The van der Waals surface area contributed by atoms with Crippen LogP contribution < -0.4 is 0 Å². The molecule has 0 aliphatic heterocycles. The zero-order valence-electron chi connectivity index (χ0n) is 53.7. The molecule has 0 aliphatic carbocycles. The van der Waals surface area contributed by atoms with Crippen LogP contribution in [0.2, 0.25) is 0 Å². The van der Waals surface area contributed by atoms with Gasteiger partial charge in [-0.05, 0) is 141 Å². The van der Waals surface area contributed by atoms with Crippen molar-refractivity contribution < 1.29 is 28.6 Å². The highest BCUT2D eigenvalue weighted by atomic mass is 16.6. The highest BCUT2D eigenvalue weighted by Gasteiger charge is 2.19. The molecule has 6 heteroatoms. The predicted molar refractivity (Wildman–Crippen MR) is 362 cm³/mol. The molecule has 0 aromatic carbocycles. The van der Waals surface area contributed by atoms with Crippen LogP contribution in [-0.4, -0.2) is 37.2 Å². The van der Waals surface area contributed by atoms with E-state index in [0.717, 1.165) is 154 Å². The average Bonchev–Trinajstić information content (AvgIpc) is 3.49. The lowest BCUT2D eigenvalue weighted by Gasteiger charge is -2.18. The van der Waals surface area contributed by atoms with E-state index in [9.17, 15) is 14.4 Å². The Hall–Kier alpha value is -4.97. The number of rotatable bonds is 60. The van der Waals surface area contributed by atoms with Crippen molar-refractivity contribution >= 4 is 17.9 Å². The SMILES string of the molecule is CC/C=C\C/C=C\C/C=C\C/C=C\C/C=C\C/C=C\CCCCCCCCCCCCCCCCCCC(=O)OCC(COC(=O)CCCCCCC/C=C\C/C=C\C/C=C\CC)OC(=O)CCCC/C=C\C/C=C\C/C=C\C/C=C\CC. The first-order valence-corrected chi connectivity index (χ1v) is 34.0. The van der Waals surface area contributed by atoms with Gasteiger partial charge in [0.1, 0.15) is 13.2 Å². The standard InChI is InChI=1S/C77H124O6/c1-4-7-10-13-16-19-22-25-28-29-30-31-32-33-34-35-36-37-38-39-40-41-42-43-44-45-46-47-50-52-55-58-61-64-67-70-76(79)82-73-74(83-77(80)71-68-65-62-59-56-53-49-27-24-21-18-15-12-9-6-3)72-81-75(78)69-66-63-60-57-54-51-48-26-23-20-17-14-11-8-5-2/h7-12,16-21,25-28,30-31,33-34,36-37,48-49,56,59,74H,4-6,13-15,22-24,29,32,35,38-47,50-55,57-58,60-73H2,1-3H3/b10-7-,11-8-,12-9-,19-16-,20-17-,21-18-,28-25-,31-30-,34-33-,37-36-,48-26-,49-27-,59-56-. The van der Waals surface area contributed by atoms with Gasteiger partial charge in [-0.3, -0.25) is 14.4 Å². The van der Waals surface area contributed by atoms with Gasteiger partial charge in [-0.15, -0.1) is 0 Å². The first-order chi connectivity index (χ1) is 41.0. The van der Waals surface area contributed by atoms with E-state index in [1.54, 1.807) is 0 Å². The molecule has 1 unspecified atom stereocenters. The molecule has 83 heavy (non-hydrogen) atoms. The fourth-order valence-electron chi connectivity index (χ4n) is 9.04. The summed E-state index contributed by atoms with van der Waals surface area (Å²) in [6.07, 6.45) is 101. The summed E-state index contributed by atoms with van der Waals surface area (Å²) in [5.74, 6) is -0.962. The summed E-state index contributed by atoms with van der Waals surface area (Å²) < 4.78 is 16.9. The van der Waals surface area contributed by atoms with E-state index >= 15 is 0 Å². The van der Waals surface area contributed by atoms with Crippen molar-refractivity contribution in [1.82, 2.24) is 0 Å². The normalized spacial score (nSPS) is 13.1. The number of unbranched alkanes of at least 4 members (excludes halogenated alkanes) is 23. The van der Waals surface area contributed by atoms with Crippen molar-refractivity contribution in [3.05, 3.63) is 158 Å². The molecule has 1 atom stereocenters. The van der Waals surface area contributed by atoms with E-state index in [1.165, 1.54) is 89.9 Å². The smallest absolute Gasteiger partial charge is 0.306 e. The number of allylic oxidation sites excluding steroid dienone is 26. The minimum atomic E-state index is -0.813. The Kier molecular flexibility index (Phi) is 65.4. The van der Waals surface area contributed by atoms with Gasteiger partial charge in [0.2, 0.25) is 0 Å². The number of ether oxygens (including phenoxy) is 3. The topological polar surface area (TPSA) is 78.9 Å². The van der Waals surface area contributed by atoms with Crippen LogP contribution in [0, 0.1) is 0 Å². The van der Waals surface area contributed by atoms with Crippen molar-refractivity contribution in [1.29, 1.82) is 0 Å². The third-order valence-corrected chi connectivity index (χ3v) is 14.0. The predicted octanol–water partition coefficient (Wildman–Crippen LogP) is 23.7. The fraction of sp³-hybridized carbons (Fsp3) is 0.623. The van der Waals surface area contributed by atoms with Crippen molar-refractivity contribution in [2.75, 3.05) is 13.2 Å². The Labute approximate surface area is 511 Å². The van der Waals surface area contributed by atoms with Crippen LogP contribution in [0.1, 0.15) is 290 Å². The van der Waals surface area contributed by atoms with Gasteiger partial charge in [0.25, 0.3) is 0 Å². The Bertz CT molecular complexity index is 1840. The number of esters is 3. The van der Waals surface area contributed by atoms with Crippen LogP contribution in [0.5, 0.6) is 0 Å². The third-order valence-electron chi connectivity index (χ3n) is 14.0. The average molecular weight is 1150 g/mol. The third kappa shape index (κ3) is 67.7. The Morgan fingerprint density at radius 3 is 0.699 bits per heavy atom. The molecule has 0 rings (SSSR count). The Morgan fingerprint density at radius 1 is 0.241 bits per heavy atom. The molecule has 0 aliphatic rings. The zero-order valence-corrected chi connectivity index (χ0v) is 53.7. The molecule has 0 aromatic rings. The molecule has 0 aromatic heterocycles. The van der Waals surface area contributed by atoms with Gasteiger partial charge in [-0.1, -0.05) is 288 Å². The van der Waals surface area contributed by atoms with Crippen LogP contribution in [0.4, 0.5) is 0 Å². The van der Waals surface area contributed by atoms with Crippen LogP contribution in [0.15, 0.2) is 158 Å². The molecule has 0 amide bonds. The molecule has 0 bridgehead atoms. The summed E-state index contributed by atoms with van der Waals surface area (Å²) in [4.78, 5) is 38.3. The van der Waals surface area contributed by atoms with E-state index in [-0.39, 0.29) is 37.5 Å². The summed E-state index contributed by atoms with van der Waals surface area (Å²) >= 11 is 0. The Morgan fingerprint density at radius 2 is 0.434 bits per heavy atom.